The molecule has 24 heavy (non-hydrogen) atoms. The van der Waals surface area contributed by atoms with E-state index in [1.165, 1.54) is 0 Å². The number of ether oxygens (including phenoxy) is 1. The van der Waals surface area contributed by atoms with E-state index < -0.39 is 17.3 Å². The molecule has 0 aromatic heterocycles. The summed E-state index contributed by atoms with van der Waals surface area (Å²) in [7, 11) is 0. The third-order valence-corrected chi connectivity index (χ3v) is 5.53. The van der Waals surface area contributed by atoms with E-state index >= 15 is 0 Å². The molecule has 2 fully saturated rings. The van der Waals surface area contributed by atoms with Crippen molar-refractivity contribution in [1.82, 2.24) is 4.90 Å². The van der Waals surface area contributed by atoms with E-state index in [4.69, 9.17) is 16.3 Å². The zero-order valence-corrected chi connectivity index (χ0v) is 14.3. The molecule has 0 spiro atoms. The Balaban J connectivity index is 1.93. The van der Waals surface area contributed by atoms with Gasteiger partial charge in [0.1, 0.15) is 0 Å². The highest BCUT2D eigenvalue weighted by molar-refractivity contribution is 6.31. The van der Waals surface area contributed by atoms with Gasteiger partial charge in [0, 0.05) is 31.3 Å². The van der Waals surface area contributed by atoms with Crippen molar-refractivity contribution in [2.24, 2.45) is 5.92 Å². The highest BCUT2D eigenvalue weighted by Gasteiger charge is 2.46. The first-order valence-electron chi connectivity index (χ1n) is 8.39. The summed E-state index contributed by atoms with van der Waals surface area (Å²) < 4.78 is 5.48. The minimum Gasteiger partial charge on any atom is -0.481 e. The quantitative estimate of drug-likeness (QED) is 0.909. The largest absolute Gasteiger partial charge is 0.481 e. The van der Waals surface area contributed by atoms with Crippen LogP contribution >= 0.6 is 11.6 Å². The highest BCUT2D eigenvalue weighted by Crippen LogP contribution is 2.40. The van der Waals surface area contributed by atoms with E-state index in [-0.39, 0.29) is 12.5 Å². The Morgan fingerprint density at radius 3 is 2.62 bits per heavy atom. The van der Waals surface area contributed by atoms with Gasteiger partial charge in [0.25, 0.3) is 0 Å². The van der Waals surface area contributed by atoms with Crippen molar-refractivity contribution < 1.29 is 19.4 Å². The van der Waals surface area contributed by atoms with Gasteiger partial charge in [-0.3, -0.25) is 9.59 Å². The van der Waals surface area contributed by atoms with Crippen molar-refractivity contribution in [3.8, 4) is 0 Å². The van der Waals surface area contributed by atoms with Crippen LogP contribution in [0.2, 0.25) is 5.02 Å². The van der Waals surface area contributed by atoms with Crippen molar-refractivity contribution in [2.75, 3.05) is 26.3 Å². The summed E-state index contributed by atoms with van der Waals surface area (Å²) in [5.41, 5.74) is 0.120. The number of rotatable bonds is 3. The Kier molecular flexibility index (Phi) is 5.11. The highest BCUT2D eigenvalue weighted by atomic mass is 35.5. The number of carboxylic acid groups (broad SMARTS) is 1. The number of carbonyl (C=O) groups excluding carboxylic acids is 1. The Morgan fingerprint density at radius 1 is 1.25 bits per heavy atom. The summed E-state index contributed by atoms with van der Waals surface area (Å²) in [6.45, 7) is 1.90. The van der Waals surface area contributed by atoms with Gasteiger partial charge in [0.05, 0.1) is 11.3 Å². The van der Waals surface area contributed by atoms with Crippen LogP contribution in [0.1, 0.15) is 31.2 Å². The molecule has 2 aliphatic rings. The fraction of sp³-hybridized carbons (Fsp3) is 0.556. The molecule has 1 aromatic carbocycles. The maximum Gasteiger partial charge on any atom is 0.308 e. The van der Waals surface area contributed by atoms with Crippen molar-refractivity contribution in [3.05, 3.63) is 34.9 Å². The fourth-order valence-corrected chi connectivity index (χ4v) is 4.15. The summed E-state index contributed by atoms with van der Waals surface area (Å²) in [5, 5.41) is 9.88. The van der Waals surface area contributed by atoms with E-state index in [0.717, 1.165) is 12.0 Å². The number of amides is 1. The van der Waals surface area contributed by atoms with Crippen molar-refractivity contribution in [3.63, 3.8) is 0 Å². The van der Waals surface area contributed by atoms with Crippen LogP contribution in [0, 0.1) is 5.92 Å². The molecule has 2 aliphatic heterocycles. The molecule has 6 heteroatoms. The second kappa shape index (κ2) is 7.11. The van der Waals surface area contributed by atoms with E-state index in [9.17, 15) is 14.7 Å². The number of carbonyl (C=O) groups is 2. The van der Waals surface area contributed by atoms with E-state index in [2.05, 4.69) is 0 Å². The summed E-state index contributed by atoms with van der Waals surface area (Å²) in [5.74, 6) is -1.32. The molecule has 3 rings (SSSR count). The van der Waals surface area contributed by atoms with Gasteiger partial charge in [-0.25, -0.2) is 0 Å². The van der Waals surface area contributed by atoms with Crippen LogP contribution in [0.5, 0.6) is 0 Å². The molecule has 0 bridgehead atoms. The maximum absolute atomic E-state index is 13.4. The van der Waals surface area contributed by atoms with E-state index in [0.29, 0.717) is 44.0 Å². The van der Waals surface area contributed by atoms with Crippen LogP contribution in [0.4, 0.5) is 0 Å². The summed E-state index contributed by atoms with van der Waals surface area (Å²) >= 11 is 6.40. The number of hydrogen-bond donors (Lipinski definition) is 1. The number of likely N-dealkylation sites (tertiary alicyclic amines) is 1. The van der Waals surface area contributed by atoms with Crippen molar-refractivity contribution >= 4 is 23.5 Å². The van der Waals surface area contributed by atoms with Crippen LogP contribution in [-0.4, -0.2) is 48.2 Å². The smallest absolute Gasteiger partial charge is 0.308 e. The molecule has 0 aliphatic carbocycles. The standard InChI is InChI=1S/C18H22ClNO4/c19-15-6-2-1-5-14(15)18(7-10-24-11-8-18)17(23)20-9-3-4-13(12-20)16(21)22/h1-2,5-6,13H,3-4,7-12H2,(H,21,22). The van der Waals surface area contributed by atoms with Crippen LogP contribution in [-0.2, 0) is 19.7 Å². The fourth-order valence-electron chi connectivity index (χ4n) is 3.83. The van der Waals surface area contributed by atoms with Gasteiger partial charge in [-0.15, -0.1) is 0 Å². The summed E-state index contributed by atoms with van der Waals surface area (Å²) in [4.78, 5) is 26.5. The normalized spacial score (nSPS) is 23.7. The molecule has 1 N–H and O–H groups in total. The minimum absolute atomic E-state index is 0.00940. The predicted molar refractivity (Wildman–Crippen MR) is 90.1 cm³/mol. The lowest BCUT2D eigenvalue weighted by Crippen LogP contribution is -2.53. The number of aliphatic carboxylic acids is 1. The van der Waals surface area contributed by atoms with Gasteiger partial charge in [0.2, 0.25) is 5.91 Å². The number of piperidine rings is 1. The van der Waals surface area contributed by atoms with Crippen LogP contribution in [0.15, 0.2) is 24.3 Å². The Hall–Kier alpha value is -1.59. The molecule has 1 atom stereocenters. The SMILES string of the molecule is O=C(O)C1CCCN(C(=O)C2(c3ccccc3Cl)CCOCC2)C1. The van der Waals surface area contributed by atoms with Gasteiger partial charge in [-0.1, -0.05) is 29.8 Å². The lowest BCUT2D eigenvalue weighted by molar-refractivity contribution is -0.149. The molecule has 1 amide bonds. The molecule has 2 saturated heterocycles. The average Bonchev–Trinajstić information content (AvgIpc) is 2.62. The number of nitrogens with zero attached hydrogens (tertiary/aromatic N) is 1. The zero-order valence-electron chi connectivity index (χ0n) is 13.5. The number of carboxylic acids is 1. The Morgan fingerprint density at radius 2 is 1.96 bits per heavy atom. The molecule has 0 radical (unpaired) electrons. The van der Waals surface area contributed by atoms with Crippen LogP contribution < -0.4 is 0 Å². The number of hydrogen-bond acceptors (Lipinski definition) is 3. The van der Waals surface area contributed by atoms with Crippen molar-refractivity contribution in [1.29, 1.82) is 0 Å². The van der Waals surface area contributed by atoms with Gasteiger partial charge in [-0.05, 0) is 37.3 Å². The topological polar surface area (TPSA) is 66.8 Å². The Labute approximate surface area is 146 Å². The second-order valence-corrected chi connectivity index (χ2v) is 7.01. The van der Waals surface area contributed by atoms with Crippen LogP contribution in [0.3, 0.4) is 0 Å². The lowest BCUT2D eigenvalue weighted by Gasteiger charge is -2.42. The average molecular weight is 352 g/mol. The molecular formula is C18H22ClNO4. The third-order valence-electron chi connectivity index (χ3n) is 5.20. The van der Waals surface area contributed by atoms with Gasteiger partial charge >= 0.3 is 5.97 Å². The maximum atomic E-state index is 13.4. The zero-order chi connectivity index (χ0) is 17.2. The molecule has 1 unspecified atom stereocenters. The first-order valence-corrected chi connectivity index (χ1v) is 8.77. The first-order chi connectivity index (χ1) is 11.5. The van der Waals surface area contributed by atoms with E-state index in [1.54, 1.807) is 11.0 Å². The van der Waals surface area contributed by atoms with Gasteiger partial charge < -0.3 is 14.7 Å². The molecule has 2 heterocycles. The number of benzene rings is 1. The first kappa shape index (κ1) is 17.2. The third kappa shape index (κ3) is 3.15. The van der Waals surface area contributed by atoms with Gasteiger partial charge in [0.15, 0.2) is 0 Å². The molecule has 1 aromatic rings. The molecule has 0 saturated carbocycles. The lowest BCUT2D eigenvalue weighted by atomic mass is 9.72. The predicted octanol–water partition coefficient (Wildman–Crippen LogP) is 2.71. The molecule has 5 nitrogen and oxygen atoms in total. The number of halogens is 1. The second-order valence-electron chi connectivity index (χ2n) is 6.60. The van der Waals surface area contributed by atoms with Crippen molar-refractivity contribution in [2.45, 2.75) is 31.1 Å². The Bertz CT molecular complexity index is 627. The van der Waals surface area contributed by atoms with Crippen LogP contribution in [0.25, 0.3) is 0 Å². The van der Waals surface area contributed by atoms with E-state index in [1.807, 2.05) is 18.2 Å². The molecule has 130 valence electrons. The molecular weight excluding hydrogens is 330 g/mol. The summed E-state index contributed by atoms with van der Waals surface area (Å²) in [6.07, 6.45) is 2.49. The monoisotopic (exact) mass is 351 g/mol. The van der Waals surface area contributed by atoms with Gasteiger partial charge in [-0.2, -0.15) is 0 Å². The summed E-state index contributed by atoms with van der Waals surface area (Å²) in [6, 6.07) is 7.45. The minimum atomic E-state index is -0.828.